The van der Waals surface area contributed by atoms with Gasteiger partial charge in [-0.3, -0.25) is 9.36 Å². The highest BCUT2D eigenvalue weighted by Crippen LogP contribution is 2.31. The van der Waals surface area contributed by atoms with Crippen LogP contribution in [0.1, 0.15) is 57.1 Å². The molecule has 154 valence electrons. The first kappa shape index (κ1) is 19.6. The van der Waals surface area contributed by atoms with Gasteiger partial charge in [0, 0.05) is 13.2 Å². The Bertz CT molecular complexity index is 1120. The minimum absolute atomic E-state index is 0.212. The molecule has 2 aromatic heterocycles. The number of nitrogens with zero attached hydrogens (tertiary/aromatic N) is 4. The van der Waals surface area contributed by atoms with Crippen molar-refractivity contribution in [3.63, 3.8) is 0 Å². The van der Waals surface area contributed by atoms with Crippen molar-refractivity contribution in [3.05, 3.63) is 57.0 Å². The third kappa shape index (κ3) is 3.44. The van der Waals surface area contributed by atoms with E-state index in [1.54, 1.807) is 18.0 Å². The summed E-state index contributed by atoms with van der Waals surface area (Å²) >= 11 is 0. The van der Waals surface area contributed by atoms with Crippen LogP contribution in [0.5, 0.6) is 0 Å². The van der Waals surface area contributed by atoms with Crippen molar-refractivity contribution in [1.29, 1.82) is 0 Å². The number of fused-ring (bicyclic) bond motifs is 1. The van der Waals surface area contributed by atoms with Crippen LogP contribution in [-0.4, -0.2) is 32.4 Å². The van der Waals surface area contributed by atoms with E-state index in [0.29, 0.717) is 29.4 Å². The van der Waals surface area contributed by atoms with Crippen LogP contribution < -0.4 is 11.2 Å². The van der Waals surface area contributed by atoms with E-state index >= 15 is 0 Å². The average Bonchev–Trinajstić information content (AvgIpc) is 3.38. The van der Waals surface area contributed by atoms with Crippen LogP contribution >= 0.6 is 0 Å². The molecule has 0 radical (unpaired) electrons. The van der Waals surface area contributed by atoms with Gasteiger partial charge in [-0.15, -0.1) is 0 Å². The summed E-state index contributed by atoms with van der Waals surface area (Å²) in [5, 5.41) is 0. The Kier molecular flexibility index (Phi) is 5.41. The smallest absolute Gasteiger partial charge is 0.337 e. The van der Waals surface area contributed by atoms with Gasteiger partial charge in [-0.2, -0.15) is 0 Å². The summed E-state index contributed by atoms with van der Waals surface area (Å²) in [4.78, 5) is 31.1. The highest BCUT2D eigenvalue weighted by molar-refractivity contribution is 5.72. The second kappa shape index (κ2) is 7.99. The predicted octanol–water partition coefficient (Wildman–Crippen LogP) is 3.23. The molecule has 1 aliphatic rings. The number of rotatable bonds is 6. The van der Waals surface area contributed by atoms with Gasteiger partial charge in [0.2, 0.25) is 0 Å². The highest BCUT2D eigenvalue weighted by atomic mass is 16.5. The van der Waals surface area contributed by atoms with Crippen LogP contribution in [0, 0.1) is 0 Å². The molecule has 1 aromatic carbocycles. The summed E-state index contributed by atoms with van der Waals surface area (Å²) in [5.74, 6) is 0.401. The van der Waals surface area contributed by atoms with Gasteiger partial charge in [-0.25, -0.2) is 14.3 Å². The maximum Gasteiger partial charge on any atom is 0.337 e. The van der Waals surface area contributed by atoms with Gasteiger partial charge in [-0.05, 0) is 36.5 Å². The largest absolute Gasteiger partial charge is 0.383 e. The molecule has 0 amide bonds. The van der Waals surface area contributed by atoms with E-state index in [9.17, 15) is 9.59 Å². The number of imidazole rings is 1. The quantitative estimate of drug-likeness (QED) is 0.641. The molecule has 0 aliphatic heterocycles. The molecule has 0 atom stereocenters. The Morgan fingerprint density at radius 3 is 2.45 bits per heavy atom. The van der Waals surface area contributed by atoms with E-state index in [0.717, 1.165) is 25.7 Å². The van der Waals surface area contributed by atoms with Gasteiger partial charge in [0.15, 0.2) is 11.2 Å². The van der Waals surface area contributed by atoms with Crippen molar-refractivity contribution < 1.29 is 4.74 Å². The maximum atomic E-state index is 13.3. The lowest BCUT2D eigenvalue weighted by molar-refractivity contribution is 0.184. The van der Waals surface area contributed by atoms with Crippen molar-refractivity contribution in [2.24, 2.45) is 0 Å². The lowest BCUT2D eigenvalue weighted by Crippen LogP contribution is -2.41. The van der Waals surface area contributed by atoms with Gasteiger partial charge >= 0.3 is 5.69 Å². The van der Waals surface area contributed by atoms with Crippen molar-refractivity contribution in [2.45, 2.75) is 58.0 Å². The summed E-state index contributed by atoms with van der Waals surface area (Å²) in [6.45, 7) is 4.77. The van der Waals surface area contributed by atoms with Crippen molar-refractivity contribution in [2.75, 3.05) is 13.7 Å². The summed E-state index contributed by atoms with van der Waals surface area (Å²) in [7, 11) is 1.56. The van der Waals surface area contributed by atoms with Gasteiger partial charge in [0.05, 0.1) is 25.2 Å². The SMILES string of the molecule is COCCn1c(=O)c2c(ncn2C2CCCC2)n(-c2ccc(C(C)C)cc2)c1=O. The lowest BCUT2D eigenvalue weighted by Gasteiger charge is -2.15. The van der Waals surface area contributed by atoms with E-state index in [1.807, 2.05) is 28.8 Å². The molecule has 2 heterocycles. The first-order valence-electron chi connectivity index (χ1n) is 10.3. The van der Waals surface area contributed by atoms with E-state index < -0.39 is 0 Å². The lowest BCUT2D eigenvalue weighted by atomic mass is 10.0. The fraction of sp³-hybridized carbons (Fsp3) is 0.500. The molecule has 1 fully saturated rings. The van der Waals surface area contributed by atoms with Crippen LogP contribution in [0.15, 0.2) is 40.2 Å². The summed E-state index contributed by atoms with van der Waals surface area (Å²) in [5.41, 5.74) is 2.17. The third-order valence-corrected chi connectivity index (χ3v) is 5.91. The highest BCUT2D eigenvalue weighted by Gasteiger charge is 2.24. The van der Waals surface area contributed by atoms with Crippen LogP contribution in [0.25, 0.3) is 16.9 Å². The number of aromatic nitrogens is 4. The molecule has 1 saturated carbocycles. The normalized spacial score (nSPS) is 15.0. The van der Waals surface area contributed by atoms with E-state index in [4.69, 9.17) is 4.74 Å². The van der Waals surface area contributed by atoms with Crippen molar-refractivity contribution in [3.8, 4) is 5.69 Å². The zero-order valence-electron chi connectivity index (χ0n) is 17.3. The molecule has 0 saturated heterocycles. The molecule has 3 aromatic rings. The monoisotopic (exact) mass is 396 g/mol. The molecule has 0 bridgehead atoms. The second-order valence-corrected chi connectivity index (χ2v) is 8.08. The van der Waals surface area contributed by atoms with Gasteiger partial charge < -0.3 is 9.30 Å². The Hall–Kier alpha value is -2.67. The minimum atomic E-state index is -0.381. The number of hydrogen-bond acceptors (Lipinski definition) is 4. The summed E-state index contributed by atoms with van der Waals surface area (Å²) in [6, 6.07) is 8.16. The fourth-order valence-corrected chi connectivity index (χ4v) is 4.23. The predicted molar refractivity (Wildman–Crippen MR) is 113 cm³/mol. The molecule has 0 unspecified atom stereocenters. The molecule has 0 spiro atoms. The van der Waals surface area contributed by atoms with Crippen LogP contribution in [0.2, 0.25) is 0 Å². The molecule has 0 N–H and O–H groups in total. The van der Waals surface area contributed by atoms with Crippen LogP contribution in [0.3, 0.4) is 0 Å². The number of ether oxygens (including phenoxy) is 1. The Labute approximate surface area is 169 Å². The molecule has 29 heavy (non-hydrogen) atoms. The van der Waals surface area contributed by atoms with Gasteiger partial charge in [0.1, 0.15) is 0 Å². The molecule has 7 nitrogen and oxygen atoms in total. The first-order valence-corrected chi connectivity index (χ1v) is 10.3. The molecule has 4 rings (SSSR count). The first-order chi connectivity index (χ1) is 14.0. The molecular weight excluding hydrogens is 368 g/mol. The molecule has 1 aliphatic carbocycles. The van der Waals surface area contributed by atoms with E-state index in [2.05, 4.69) is 18.8 Å². The van der Waals surface area contributed by atoms with Crippen molar-refractivity contribution in [1.82, 2.24) is 18.7 Å². The zero-order chi connectivity index (χ0) is 20.5. The van der Waals surface area contributed by atoms with Gasteiger partial charge in [-0.1, -0.05) is 38.8 Å². The zero-order valence-corrected chi connectivity index (χ0v) is 17.3. The number of benzene rings is 1. The number of methoxy groups -OCH3 is 1. The second-order valence-electron chi connectivity index (χ2n) is 8.08. The Morgan fingerprint density at radius 1 is 1.14 bits per heavy atom. The van der Waals surface area contributed by atoms with Gasteiger partial charge in [0.25, 0.3) is 5.56 Å². The maximum absolute atomic E-state index is 13.3. The molecular formula is C22H28N4O3. The standard InChI is InChI=1S/C22H28N4O3/c1-15(2)16-8-10-18(11-9-16)26-20-19(21(27)24(22(26)28)12-13-29-3)25(14-23-20)17-6-4-5-7-17/h8-11,14-15,17H,4-7,12-13H2,1-3H3. The average molecular weight is 396 g/mol. The Balaban J connectivity index is 1.97. The van der Waals surface area contributed by atoms with E-state index in [1.165, 1.54) is 10.1 Å². The Morgan fingerprint density at radius 2 is 1.83 bits per heavy atom. The minimum Gasteiger partial charge on any atom is -0.383 e. The molecule has 7 heteroatoms. The van der Waals surface area contributed by atoms with Crippen LogP contribution in [0.4, 0.5) is 0 Å². The van der Waals surface area contributed by atoms with Crippen LogP contribution in [-0.2, 0) is 11.3 Å². The fourth-order valence-electron chi connectivity index (χ4n) is 4.23. The van der Waals surface area contributed by atoms with Crippen molar-refractivity contribution >= 4 is 11.2 Å². The number of hydrogen-bond donors (Lipinski definition) is 0. The van der Waals surface area contributed by atoms with E-state index in [-0.39, 0.29) is 23.8 Å². The topological polar surface area (TPSA) is 71.1 Å². The third-order valence-electron chi connectivity index (χ3n) is 5.91. The summed E-state index contributed by atoms with van der Waals surface area (Å²) < 4.78 is 9.95. The summed E-state index contributed by atoms with van der Waals surface area (Å²) in [6.07, 6.45) is 6.09.